The molecule has 45 heavy (non-hydrogen) atoms. The van der Waals surface area contributed by atoms with Crippen LogP contribution in [0.5, 0.6) is 0 Å². The summed E-state index contributed by atoms with van der Waals surface area (Å²) in [6.07, 6.45) is 2.24. The number of ketones is 1. The number of carbonyl (C=O) groups is 6. The number of fused-ring (bicyclic) bond motifs is 1. The minimum absolute atomic E-state index is 0.0700. The number of hydrogen-bond acceptors (Lipinski definition) is 7. The molecule has 6 atom stereocenters. The van der Waals surface area contributed by atoms with Gasteiger partial charge in [0, 0.05) is 13.6 Å². The van der Waals surface area contributed by atoms with Crippen molar-refractivity contribution in [2.24, 2.45) is 34.0 Å². The van der Waals surface area contributed by atoms with Gasteiger partial charge in [-0.25, -0.2) is 9.59 Å². The molecule has 0 aromatic heterocycles. The first kappa shape index (κ1) is 36.3. The van der Waals surface area contributed by atoms with E-state index < -0.39 is 76.1 Å². The summed E-state index contributed by atoms with van der Waals surface area (Å²) in [6, 6.07) is -4.59. The first-order valence-electron chi connectivity index (χ1n) is 16.1. The fourth-order valence-electron chi connectivity index (χ4n) is 6.38. The van der Waals surface area contributed by atoms with Crippen molar-refractivity contribution in [2.45, 2.75) is 125 Å². The van der Waals surface area contributed by atoms with E-state index >= 15 is 0 Å². The number of nitrogens with zero attached hydrogens (tertiary/aromatic N) is 1. The van der Waals surface area contributed by atoms with Gasteiger partial charge in [0.1, 0.15) is 23.7 Å². The number of Topliss-reactive ketones (excluding diaryl/α,β-unsaturated/α-hetero) is 1. The topological polar surface area (TPSA) is 163 Å². The van der Waals surface area contributed by atoms with Crippen molar-refractivity contribution >= 4 is 35.5 Å². The number of hydrogen-bond donors (Lipinski definition) is 4. The number of piperidine rings is 1. The molecular formula is C33H55N5O7. The molecule has 1 saturated heterocycles. The number of carbonyl (C=O) groups excluding carboxylic acids is 6. The van der Waals surface area contributed by atoms with Crippen LogP contribution in [0.4, 0.5) is 4.79 Å². The minimum atomic E-state index is -1.04. The second-order valence-corrected chi connectivity index (χ2v) is 16.8. The monoisotopic (exact) mass is 633 g/mol. The first-order chi connectivity index (χ1) is 20.4. The van der Waals surface area contributed by atoms with E-state index in [9.17, 15) is 28.8 Å². The average Bonchev–Trinajstić information content (AvgIpc) is 3.73. The van der Waals surface area contributed by atoms with Crippen LogP contribution in [-0.2, 0) is 28.7 Å². The van der Waals surface area contributed by atoms with Crippen molar-refractivity contribution in [2.75, 3.05) is 13.6 Å². The fourth-order valence-corrected chi connectivity index (χ4v) is 6.38. The second kappa shape index (κ2) is 12.5. The van der Waals surface area contributed by atoms with Crippen LogP contribution in [0.1, 0.15) is 95.4 Å². The van der Waals surface area contributed by atoms with Crippen LogP contribution in [0.2, 0.25) is 0 Å². The quantitative estimate of drug-likeness (QED) is 0.212. The predicted octanol–water partition coefficient (Wildman–Crippen LogP) is 2.54. The van der Waals surface area contributed by atoms with E-state index in [-0.39, 0.29) is 23.2 Å². The van der Waals surface area contributed by atoms with Crippen LogP contribution in [-0.4, -0.2) is 83.8 Å². The number of urea groups is 1. The van der Waals surface area contributed by atoms with Crippen LogP contribution in [0.3, 0.4) is 0 Å². The van der Waals surface area contributed by atoms with Gasteiger partial charge in [0.2, 0.25) is 17.6 Å². The number of nitrogens with one attached hydrogen (secondary N) is 4. The molecule has 5 amide bonds. The molecule has 0 aromatic rings. The van der Waals surface area contributed by atoms with Crippen LogP contribution in [0.25, 0.3) is 0 Å². The van der Waals surface area contributed by atoms with Crippen molar-refractivity contribution in [1.82, 2.24) is 26.2 Å². The Morgan fingerprint density at radius 1 is 0.844 bits per heavy atom. The van der Waals surface area contributed by atoms with E-state index in [0.29, 0.717) is 13.0 Å². The normalized spacial score (nSPS) is 24.4. The summed E-state index contributed by atoms with van der Waals surface area (Å²) in [5.41, 5.74) is -2.39. The van der Waals surface area contributed by atoms with Gasteiger partial charge in [0.25, 0.3) is 5.91 Å². The molecule has 12 heteroatoms. The summed E-state index contributed by atoms with van der Waals surface area (Å²) in [6.45, 7) is 20.5. The van der Waals surface area contributed by atoms with E-state index in [1.54, 1.807) is 41.5 Å². The van der Waals surface area contributed by atoms with E-state index in [4.69, 9.17) is 4.74 Å². The smallest absolute Gasteiger partial charge is 0.329 e. The lowest BCUT2D eigenvalue weighted by Gasteiger charge is -2.38. The molecule has 3 aliphatic rings. The van der Waals surface area contributed by atoms with Gasteiger partial charge in [-0.15, -0.1) is 0 Å². The Kier molecular flexibility index (Phi) is 10.1. The summed E-state index contributed by atoms with van der Waals surface area (Å²) in [5.74, 6) is -2.76. The number of likely N-dealkylation sites (tertiary alicyclic amines) is 1. The van der Waals surface area contributed by atoms with Gasteiger partial charge in [-0.05, 0) is 61.2 Å². The summed E-state index contributed by atoms with van der Waals surface area (Å²) < 4.78 is 5.55. The van der Waals surface area contributed by atoms with E-state index in [1.807, 2.05) is 20.8 Å². The summed E-state index contributed by atoms with van der Waals surface area (Å²) in [5, 5.41) is 10.7. The number of esters is 1. The molecule has 2 aliphatic carbocycles. The van der Waals surface area contributed by atoms with E-state index in [2.05, 4.69) is 35.1 Å². The molecule has 4 N–H and O–H groups in total. The Hall–Kier alpha value is -3.18. The van der Waals surface area contributed by atoms with Crippen molar-refractivity contribution in [3.63, 3.8) is 0 Å². The second-order valence-electron chi connectivity index (χ2n) is 16.8. The van der Waals surface area contributed by atoms with Crippen LogP contribution in [0, 0.1) is 34.0 Å². The van der Waals surface area contributed by atoms with Gasteiger partial charge >= 0.3 is 12.0 Å². The highest BCUT2D eigenvalue weighted by molar-refractivity contribution is 6.38. The lowest BCUT2D eigenvalue weighted by Crippen LogP contribution is -2.63. The minimum Gasteiger partial charge on any atom is -0.458 e. The number of ether oxygens (including phenoxy) is 1. The van der Waals surface area contributed by atoms with Gasteiger partial charge in [-0.3, -0.25) is 19.2 Å². The third-order valence-corrected chi connectivity index (χ3v) is 9.28. The summed E-state index contributed by atoms with van der Waals surface area (Å²) in [7, 11) is 1.37. The SMILES string of the molecule is CNC(=O)C(=O)C(CC1CC1)NC(=O)[C@@H]1[C@@H]2[C@H](CN1C(=O)[C@@H](NC(=O)N[C@H](C(=O)OC(C)(C)C)C(C)(C)C)C(C)(C)C)C2(C)C. The van der Waals surface area contributed by atoms with Crippen LogP contribution in [0.15, 0.2) is 0 Å². The zero-order valence-electron chi connectivity index (χ0n) is 29.2. The molecule has 1 heterocycles. The highest BCUT2D eigenvalue weighted by atomic mass is 16.6. The highest BCUT2D eigenvalue weighted by Gasteiger charge is 2.70. The maximum absolute atomic E-state index is 14.3. The zero-order valence-corrected chi connectivity index (χ0v) is 29.2. The number of likely N-dealkylation sites (N-methyl/N-ethyl adjacent to an activating group) is 1. The Morgan fingerprint density at radius 2 is 1.38 bits per heavy atom. The fraction of sp³-hybridized carbons (Fsp3) is 0.818. The standard InChI is InChI=1S/C33H55N5O7/c1-30(2,3)23(36-29(44)37-24(31(4,5)6)28(43)45-32(7,8)9)27(42)38-16-18-20(33(18,10)11)21(38)25(40)35-19(15-17-13-14-17)22(39)26(41)34-12/h17-21,23-24H,13-16H2,1-12H3,(H,34,41)(H,35,40)(H2,36,37,44)/t18-,19?,20-,21-,23+,24+/m0/s1. The third kappa shape index (κ3) is 8.55. The Labute approximate surface area is 267 Å². The summed E-state index contributed by atoms with van der Waals surface area (Å²) >= 11 is 0. The van der Waals surface area contributed by atoms with Crippen LogP contribution < -0.4 is 21.3 Å². The molecule has 1 unspecified atom stereocenters. The van der Waals surface area contributed by atoms with Crippen molar-refractivity contribution in [3.8, 4) is 0 Å². The predicted molar refractivity (Wildman–Crippen MR) is 169 cm³/mol. The molecule has 2 saturated carbocycles. The molecule has 0 aromatic carbocycles. The lowest BCUT2D eigenvalue weighted by molar-refractivity contribution is -0.160. The molecular weight excluding hydrogens is 578 g/mol. The molecule has 1 aliphatic heterocycles. The van der Waals surface area contributed by atoms with Crippen molar-refractivity contribution in [3.05, 3.63) is 0 Å². The molecule has 254 valence electrons. The third-order valence-electron chi connectivity index (χ3n) is 9.28. The molecule has 3 rings (SSSR count). The zero-order chi connectivity index (χ0) is 34.4. The number of rotatable bonds is 10. The van der Waals surface area contributed by atoms with Gasteiger partial charge in [0.15, 0.2) is 0 Å². The highest BCUT2D eigenvalue weighted by Crippen LogP contribution is 2.65. The Balaban J connectivity index is 1.84. The molecule has 0 spiro atoms. The maximum Gasteiger partial charge on any atom is 0.329 e. The number of amides is 5. The summed E-state index contributed by atoms with van der Waals surface area (Å²) in [4.78, 5) is 81.2. The molecule has 0 bridgehead atoms. The van der Waals surface area contributed by atoms with Gasteiger partial charge in [0.05, 0.1) is 6.04 Å². The van der Waals surface area contributed by atoms with Gasteiger partial charge in [-0.1, -0.05) is 68.2 Å². The van der Waals surface area contributed by atoms with Crippen molar-refractivity contribution in [1.29, 1.82) is 0 Å². The lowest BCUT2D eigenvalue weighted by atomic mass is 9.85. The molecule has 3 fully saturated rings. The van der Waals surface area contributed by atoms with Crippen LogP contribution >= 0.6 is 0 Å². The first-order valence-corrected chi connectivity index (χ1v) is 16.1. The van der Waals surface area contributed by atoms with E-state index in [1.165, 1.54) is 11.9 Å². The van der Waals surface area contributed by atoms with Crippen molar-refractivity contribution < 1.29 is 33.5 Å². The average molecular weight is 634 g/mol. The Morgan fingerprint density at radius 3 is 1.84 bits per heavy atom. The largest absolute Gasteiger partial charge is 0.458 e. The van der Waals surface area contributed by atoms with E-state index in [0.717, 1.165) is 12.8 Å². The molecule has 0 radical (unpaired) electrons. The van der Waals surface area contributed by atoms with Gasteiger partial charge < -0.3 is 30.9 Å². The Bertz CT molecular complexity index is 1210. The maximum atomic E-state index is 14.3. The van der Waals surface area contributed by atoms with Gasteiger partial charge in [-0.2, -0.15) is 0 Å². The molecule has 12 nitrogen and oxygen atoms in total.